The Morgan fingerprint density at radius 1 is 1.12 bits per heavy atom. The van der Waals surface area contributed by atoms with Gasteiger partial charge in [-0.2, -0.15) is 5.10 Å². The molecule has 10 nitrogen and oxygen atoms in total. The lowest BCUT2D eigenvalue weighted by Crippen LogP contribution is -2.52. The molecule has 1 aromatic carbocycles. The van der Waals surface area contributed by atoms with Crippen molar-refractivity contribution in [2.75, 3.05) is 5.32 Å². The molecule has 0 saturated heterocycles. The fraction of sp³-hybridized carbons (Fsp3) is 0.500. The highest BCUT2D eigenvalue weighted by Crippen LogP contribution is 2.58. The summed E-state index contributed by atoms with van der Waals surface area (Å²) in [6.45, 7) is 2.53. The first-order valence-electron chi connectivity index (χ1n) is 11.9. The van der Waals surface area contributed by atoms with Crippen molar-refractivity contribution in [1.82, 2.24) is 24.5 Å². The molecule has 0 spiro atoms. The van der Waals surface area contributed by atoms with E-state index in [0.717, 1.165) is 24.8 Å². The number of hydrogen-bond acceptors (Lipinski definition) is 6. The lowest BCUT2D eigenvalue weighted by Gasteiger charge is -2.56. The van der Waals surface area contributed by atoms with E-state index in [1.807, 2.05) is 31.2 Å². The third-order valence-electron chi connectivity index (χ3n) is 7.83. The van der Waals surface area contributed by atoms with Crippen molar-refractivity contribution in [2.24, 2.45) is 17.8 Å². The van der Waals surface area contributed by atoms with Crippen molar-refractivity contribution in [2.45, 2.75) is 57.5 Å². The van der Waals surface area contributed by atoms with E-state index in [9.17, 15) is 14.9 Å². The molecule has 0 radical (unpaired) electrons. The van der Waals surface area contributed by atoms with Gasteiger partial charge in [-0.1, -0.05) is 29.8 Å². The first-order chi connectivity index (χ1) is 16.4. The van der Waals surface area contributed by atoms with Crippen LogP contribution in [0.15, 0.2) is 36.8 Å². The van der Waals surface area contributed by atoms with Gasteiger partial charge in [-0.25, -0.2) is 9.67 Å². The number of nitro groups is 1. The molecule has 2 heterocycles. The van der Waals surface area contributed by atoms with Gasteiger partial charge in [0.15, 0.2) is 0 Å². The molecule has 1 amide bonds. The van der Waals surface area contributed by atoms with Gasteiger partial charge in [-0.05, 0) is 68.8 Å². The molecular formula is C24H27N7O3. The summed E-state index contributed by atoms with van der Waals surface area (Å²) in [7, 11) is 0. The quantitative estimate of drug-likeness (QED) is 0.439. The normalized spacial score (nSPS) is 27.1. The van der Waals surface area contributed by atoms with Crippen LogP contribution in [-0.2, 0) is 12.1 Å². The Morgan fingerprint density at radius 3 is 2.38 bits per heavy atom. The van der Waals surface area contributed by atoms with Crippen LogP contribution in [0.3, 0.4) is 0 Å². The van der Waals surface area contributed by atoms with Gasteiger partial charge >= 0.3 is 5.69 Å². The number of hydrogen-bond donors (Lipinski definition) is 1. The number of nitrogens with one attached hydrogen (secondary N) is 1. The molecule has 2 aromatic heterocycles. The fourth-order valence-corrected chi connectivity index (χ4v) is 6.72. The second-order valence-corrected chi connectivity index (χ2v) is 10.4. The number of rotatable bonds is 6. The molecule has 34 heavy (non-hydrogen) atoms. The van der Waals surface area contributed by atoms with Gasteiger partial charge < -0.3 is 0 Å². The van der Waals surface area contributed by atoms with Gasteiger partial charge in [0.2, 0.25) is 11.6 Å². The number of amides is 1. The minimum atomic E-state index is -0.664. The Morgan fingerprint density at radius 2 is 1.76 bits per heavy atom. The number of aromatic nitrogens is 5. The molecular weight excluding hydrogens is 434 g/mol. The standard InChI is InChI=1S/C24H27N7O3/c1-15-2-4-16(5-3-15)12-29-14-25-23(28-29)26-22(32)21-20(31(33)34)13-30(27-21)24-9-17-6-18(10-24)8-19(7-17)11-24/h2-5,13-14,17-19H,6-12H2,1H3,(H,26,28,32). The number of aryl methyl sites for hydroxylation is 1. The topological polar surface area (TPSA) is 121 Å². The summed E-state index contributed by atoms with van der Waals surface area (Å²) >= 11 is 0. The molecule has 1 N–H and O–H groups in total. The Hall–Kier alpha value is -3.56. The summed E-state index contributed by atoms with van der Waals surface area (Å²) in [5, 5.41) is 23.2. The second kappa shape index (κ2) is 7.75. The number of anilines is 1. The molecule has 4 aliphatic carbocycles. The highest BCUT2D eigenvalue weighted by Gasteiger charge is 2.53. The zero-order valence-corrected chi connectivity index (χ0v) is 19.1. The largest absolute Gasteiger partial charge is 0.320 e. The first kappa shape index (κ1) is 21.0. The average Bonchev–Trinajstić information content (AvgIpc) is 3.42. The minimum Gasteiger partial charge on any atom is -0.287 e. The molecule has 4 aliphatic rings. The molecule has 7 rings (SSSR count). The molecule has 176 valence electrons. The van der Waals surface area contributed by atoms with E-state index in [1.165, 1.54) is 37.4 Å². The zero-order valence-electron chi connectivity index (χ0n) is 19.1. The van der Waals surface area contributed by atoms with Crippen LogP contribution in [0.1, 0.15) is 60.1 Å². The lowest BCUT2D eigenvalue weighted by molar-refractivity contribution is -0.385. The second-order valence-electron chi connectivity index (χ2n) is 10.4. The van der Waals surface area contributed by atoms with Crippen LogP contribution in [0, 0.1) is 34.8 Å². The fourth-order valence-electron chi connectivity index (χ4n) is 6.72. The van der Waals surface area contributed by atoms with Gasteiger partial charge in [0, 0.05) is 0 Å². The summed E-state index contributed by atoms with van der Waals surface area (Å²) in [6, 6.07) is 8.06. The summed E-state index contributed by atoms with van der Waals surface area (Å²) in [4.78, 5) is 28.4. The highest BCUT2D eigenvalue weighted by molar-refractivity contribution is 6.04. The molecule has 4 bridgehead atoms. The van der Waals surface area contributed by atoms with Gasteiger partial charge in [0.25, 0.3) is 5.91 Å². The van der Waals surface area contributed by atoms with Crippen LogP contribution in [0.25, 0.3) is 0 Å². The highest BCUT2D eigenvalue weighted by atomic mass is 16.6. The van der Waals surface area contributed by atoms with Gasteiger partial charge in [0.05, 0.1) is 17.0 Å². The summed E-state index contributed by atoms with van der Waals surface area (Å²) < 4.78 is 3.36. The van der Waals surface area contributed by atoms with Crippen molar-refractivity contribution in [1.29, 1.82) is 0 Å². The number of carbonyl (C=O) groups excluding carboxylic acids is 1. The van der Waals surface area contributed by atoms with Crippen molar-refractivity contribution < 1.29 is 9.72 Å². The van der Waals surface area contributed by atoms with E-state index in [1.54, 1.807) is 9.36 Å². The molecule has 3 aromatic rings. The van der Waals surface area contributed by atoms with Gasteiger partial charge in [-0.3, -0.25) is 24.9 Å². The van der Waals surface area contributed by atoms with E-state index in [4.69, 9.17) is 0 Å². The van der Waals surface area contributed by atoms with Crippen LogP contribution in [-0.4, -0.2) is 35.4 Å². The summed E-state index contributed by atoms with van der Waals surface area (Å²) in [6.07, 6.45) is 9.73. The van der Waals surface area contributed by atoms with Crippen molar-refractivity contribution in [3.8, 4) is 0 Å². The number of benzene rings is 1. The maximum absolute atomic E-state index is 13.0. The Kier molecular flexibility index (Phi) is 4.79. The first-order valence-corrected chi connectivity index (χ1v) is 11.9. The van der Waals surface area contributed by atoms with Crippen LogP contribution >= 0.6 is 0 Å². The van der Waals surface area contributed by atoms with Gasteiger partial charge in [0.1, 0.15) is 12.5 Å². The molecule has 0 unspecified atom stereocenters. The van der Waals surface area contributed by atoms with Gasteiger partial charge in [-0.15, -0.1) is 5.10 Å². The number of carbonyl (C=O) groups is 1. The van der Waals surface area contributed by atoms with Crippen molar-refractivity contribution >= 4 is 17.5 Å². The predicted molar refractivity (Wildman–Crippen MR) is 123 cm³/mol. The smallest absolute Gasteiger partial charge is 0.287 e. The van der Waals surface area contributed by atoms with Crippen LogP contribution in [0.2, 0.25) is 0 Å². The molecule has 0 atom stereocenters. The third kappa shape index (κ3) is 3.66. The predicted octanol–water partition coefficient (Wildman–Crippen LogP) is 3.92. The third-order valence-corrected chi connectivity index (χ3v) is 7.83. The van der Waals surface area contributed by atoms with Crippen LogP contribution in [0.5, 0.6) is 0 Å². The Bertz CT molecular complexity index is 1220. The monoisotopic (exact) mass is 461 g/mol. The Labute approximate surface area is 196 Å². The summed E-state index contributed by atoms with van der Waals surface area (Å²) in [5.74, 6) is 1.41. The van der Waals surface area contributed by atoms with E-state index in [-0.39, 0.29) is 22.9 Å². The van der Waals surface area contributed by atoms with E-state index in [2.05, 4.69) is 20.5 Å². The minimum absolute atomic E-state index is 0.0933. The average molecular weight is 462 g/mol. The lowest BCUT2D eigenvalue weighted by atomic mass is 9.53. The van der Waals surface area contributed by atoms with E-state index in [0.29, 0.717) is 24.3 Å². The molecule has 10 heteroatoms. The number of nitrogens with zero attached hydrogens (tertiary/aromatic N) is 6. The SMILES string of the molecule is Cc1ccc(Cn2cnc(NC(=O)c3nn(C45CC6CC(CC(C6)C4)C5)cc3[N+](=O)[O-])n2)cc1. The zero-order chi connectivity index (χ0) is 23.4. The van der Waals surface area contributed by atoms with E-state index < -0.39 is 10.8 Å². The maximum atomic E-state index is 13.0. The van der Waals surface area contributed by atoms with Crippen molar-refractivity contribution in [3.05, 3.63) is 63.7 Å². The van der Waals surface area contributed by atoms with E-state index >= 15 is 0 Å². The van der Waals surface area contributed by atoms with Crippen LogP contribution in [0.4, 0.5) is 11.6 Å². The van der Waals surface area contributed by atoms with Crippen molar-refractivity contribution in [3.63, 3.8) is 0 Å². The molecule has 4 saturated carbocycles. The molecule has 4 fully saturated rings. The maximum Gasteiger partial charge on any atom is 0.320 e. The molecule has 0 aliphatic heterocycles. The Balaban J connectivity index is 1.22. The van der Waals surface area contributed by atoms with Crippen LogP contribution < -0.4 is 5.32 Å². The summed E-state index contributed by atoms with van der Waals surface area (Å²) in [5.41, 5.74) is 1.57.